The molecule has 0 spiro atoms. The quantitative estimate of drug-likeness (QED) is 0.729. The Bertz CT molecular complexity index is 763. The average molecular weight is 310 g/mol. The lowest BCUT2D eigenvalue weighted by Crippen LogP contribution is -2.12. The van der Waals surface area contributed by atoms with Crippen molar-refractivity contribution < 1.29 is 9.84 Å². The van der Waals surface area contributed by atoms with Gasteiger partial charge in [0, 0.05) is 6.42 Å². The monoisotopic (exact) mass is 310 g/mol. The highest BCUT2D eigenvalue weighted by atomic mass is 16.5. The number of imidazole rings is 1. The van der Waals surface area contributed by atoms with Crippen molar-refractivity contribution in [2.45, 2.75) is 26.3 Å². The lowest BCUT2D eigenvalue weighted by Gasteiger charge is -2.10. The van der Waals surface area contributed by atoms with Crippen molar-refractivity contribution in [1.82, 2.24) is 9.55 Å². The van der Waals surface area contributed by atoms with E-state index in [2.05, 4.69) is 34.7 Å². The van der Waals surface area contributed by atoms with Crippen LogP contribution < -0.4 is 4.74 Å². The van der Waals surface area contributed by atoms with Crippen molar-refractivity contribution >= 4 is 11.0 Å². The van der Waals surface area contributed by atoms with Crippen molar-refractivity contribution in [3.63, 3.8) is 0 Å². The number of ether oxygens (including phenoxy) is 1. The third kappa shape index (κ3) is 3.54. The molecule has 0 saturated heterocycles. The maximum Gasteiger partial charge on any atom is 0.119 e. The zero-order valence-electron chi connectivity index (χ0n) is 13.4. The molecule has 1 aromatic heterocycles. The molecule has 0 aliphatic rings. The van der Waals surface area contributed by atoms with Gasteiger partial charge in [-0.15, -0.1) is 0 Å². The predicted octanol–water partition coefficient (Wildman–Crippen LogP) is 3.21. The van der Waals surface area contributed by atoms with Gasteiger partial charge in [0.15, 0.2) is 0 Å². The van der Waals surface area contributed by atoms with Gasteiger partial charge in [0.05, 0.1) is 24.2 Å². The van der Waals surface area contributed by atoms with Crippen LogP contribution in [0.1, 0.15) is 18.3 Å². The molecule has 1 N–H and O–H groups in total. The zero-order chi connectivity index (χ0) is 16.1. The first-order valence-corrected chi connectivity index (χ1v) is 8.08. The van der Waals surface area contributed by atoms with Gasteiger partial charge in [-0.3, -0.25) is 0 Å². The van der Waals surface area contributed by atoms with Gasteiger partial charge in [-0.05, 0) is 36.2 Å². The van der Waals surface area contributed by atoms with Crippen LogP contribution in [0.25, 0.3) is 11.0 Å². The van der Waals surface area contributed by atoms with Crippen LogP contribution in [0.2, 0.25) is 0 Å². The molecular weight excluding hydrogens is 288 g/mol. The molecule has 0 radical (unpaired) electrons. The van der Waals surface area contributed by atoms with E-state index in [4.69, 9.17) is 4.74 Å². The second-order valence-electron chi connectivity index (χ2n) is 5.49. The lowest BCUT2D eigenvalue weighted by atomic mass is 10.2. The van der Waals surface area contributed by atoms with Crippen molar-refractivity contribution in [3.8, 4) is 5.75 Å². The first-order chi connectivity index (χ1) is 11.3. The van der Waals surface area contributed by atoms with E-state index in [-0.39, 0.29) is 6.61 Å². The Morgan fingerprint density at radius 2 is 1.87 bits per heavy atom. The number of rotatable bonds is 7. The smallest absolute Gasteiger partial charge is 0.119 e. The SMILES string of the molecule is CCc1ccc(OCCn2c(CCO)nc3ccccc32)cc1. The first-order valence-electron chi connectivity index (χ1n) is 8.08. The van der Waals surface area contributed by atoms with E-state index in [1.54, 1.807) is 0 Å². The van der Waals surface area contributed by atoms with Crippen LogP contribution in [0.3, 0.4) is 0 Å². The lowest BCUT2D eigenvalue weighted by molar-refractivity contribution is 0.283. The Hall–Kier alpha value is -2.33. The summed E-state index contributed by atoms with van der Waals surface area (Å²) in [6, 6.07) is 16.3. The molecule has 0 unspecified atom stereocenters. The Morgan fingerprint density at radius 3 is 2.61 bits per heavy atom. The number of aliphatic hydroxyl groups is 1. The predicted molar refractivity (Wildman–Crippen MR) is 91.8 cm³/mol. The van der Waals surface area contributed by atoms with Crippen molar-refractivity contribution in [3.05, 3.63) is 59.9 Å². The number of benzene rings is 2. The Kier molecular flexibility index (Phi) is 4.93. The standard InChI is InChI=1S/C19H22N2O2/c1-2-15-7-9-16(10-8-15)23-14-12-21-18-6-4-3-5-17(18)20-19(21)11-13-22/h3-10,22H,2,11-14H2,1H3. The van der Waals surface area contributed by atoms with Gasteiger partial charge in [-0.25, -0.2) is 4.98 Å². The number of fused-ring (bicyclic) bond motifs is 1. The summed E-state index contributed by atoms with van der Waals surface area (Å²) < 4.78 is 7.98. The van der Waals surface area contributed by atoms with Gasteiger partial charge in [-0.1, -0.05) is 31.2 Å². The van der Waals surface area contributed by atoms with E-state index < -0.39 is 0 Å². The molecule has 23 heavy (non-hydrogen) atoms. The van der Waals surface area contributed by atoms with E-state index in [1.807, 2.05) is 30.3 Å². The molecule has 4 heteroatoms. The average Bonchev–Trinajstić information content (AvgIpc) is 2.94. The number of hydrogen-bond acceptors (Lipinski definition) is 3. The second-order valence-corrected chi connectivity index (χ2v) is 5.49. The highest BCUT2D eigenvalue weighted by Gasteiger charge is 2.09. The van der Waals surface area contributed by atoms with Gasteiger partial charge in [0.1, 0.15) is 18.2 Å². The van der Waals surface area contributed by atoms with E-state index in [0.29, 0.717) is 19.6 Å². The van der Waals surface area contributed by atoms with Crippen LogP contribution in [0.15, 0.2) is 48.5 Å². The zero-order valence-corrected chi connectivity index (χ0v) is 13.4. The minimum Gasteiger partial charge on any atom is -0.492 e. The summed E-state index contributed by atoms with van der Waals surface area (Å²) in [6.45, 7) is 3.53. The fourth-order valence-electron chi connectivity index (χ4n) is 2.74. The Balaban J connectivity index is 1.71. The molecule has 0 saturated carbocycles. The maximum atomic E-state index is 9.24. The summed E-state index contributed by atoms with van der Waals surface area (Å²) >= 11 is 0. The number of aromatic nitrogens is 2. The summed E-state index contributed by atoms with van der Waals surface area (Å²) in [5, 5.41) is 9.24. The fourth-order valence-corrected chi connectivity index (χ4v) is 2.74. The summed E-state index contributed by atoms with van der Waals surface area (Å²) in [4.78, 5) is 4.60. The van der Waals surface area contributed by atoms with Crippen molar-refractivity contribution in [2.24, 2.45) is 0 Å². The van der Waals surface area contributed by atoms with Crippen molar-refractivity contribution in [2.75, 3.05) is 13.2 Å². The molecule has 0 aliphatic heterocycles. The first kappa shape index (κ1) is 15.6. The molecule has 2 aromatic carbocycles. The highest BCUT2D eigenvalue weighted by molar-refractivity contribution is 5.75. The number of para-hydroxylation sites is 2. The molecule has 3 rings (SSSR count). The van der Waals surface area contributed by atoms with E-state index >= 15 is 0 Å². The molecule has 0 atom stereocenters. The van der Waals surface area contributed by atoms with Crippen LogP contribution in [0.5, 0.6) is 5.75 Å². The number of nitrogens with zero attached hydrogens (tertiary/aromatic N) is 2. The molecule has 0 bridgehead atoms. The van der Waals surface area contributed by atoms with Crippen LogP contribution in [-0.4, -0.2) is 27.9 Å². The van der Waals surface area contributed by atoms with Gasteiger partial charge in [0.2, 0.25) is 0 Å². The molecule has 0 aliphatic carbocycles. The summed E-state index contributed by atoms with van der Waals surface area (Å²) in [6.07, 6.45) is 1.59. The molecule has 0 amide bonds. The highest BCUT2D eigenvalue weighted by Crippen LogP contribution is 2.17. The molecule has 3 aromatic rings. The van der Waals surface area contributed by atoms with Gasteiger partial charge in [-0.2, -0.15) is 0 Å². The third-order valence-electron chi connectivity index (χ3n) is 3.98. The fraction of sp³-hybridized carbons (Fsp3) is 0.316. The molecular formula is C19H22N2O2. The summed E-state index contributed by atoms with van der Waals surface area (Å²) in [5.74, 6) is 1.79. The summed E-state index contributed by atoms with van der Waals surface area (Å²) in [5.41, 5.74) is 3.35. The summed E-state index contributed by atoms with van der Waals surface area (Å²) in [7, 11) is 0. The Morgan fingerprint density at radius 1 is 1.09 bits per heavy atom. The Labute approximate surface area is 136 Å². The minimum atomic E-state index is 0.0999. The molecule has 0 fully saturated rings. The molecule has 4 nitrogen and oxygen atoms in total. The van der Waals surface area contributed by atoms with Crippen LogP contribution in [0, 0.1) is 0 Å². The number of hydrogen-bond donors (Lipinski definition) is 1. The second kappa shape index (κ2) is 7.29. The minimum absolute atomic E-state index is 0.0999. The van der Waals surface area contributed by atoms with Crippen LogP contribution in [-0.2, 0) is 19.4 Å². The maximum absolute atomic E-state index is 9.24. The van der Waals surface area contributed by atoms with E-state index in [0.717, 1.165) is 29.0 Å². The number of aryl methyl sites for hydroxylation is 1. The number of aliphatic hydroxyl groups excluding tert-OH is 1. The molecule has 120 valence electrons. The van der Waals surface area contributed by atoms with Crippen molar-refractivity contribution in [1.29, 1.82) is 0 Å². The normalized spacial score (nSPS) is 11.0. The van der Waals surface area contributed by atoms with Gasteiger partial charge in [0.25, 0.3) is 0 Å². The van der Waals surface area contributed by atoms with Crippen LogP contribution in [0.4, 0.5) is 0 Å². The van der Waals surface area contributed by atoms with Gasteiger partial charge >= 0.3 is 0 Å². The van der Waals surface area contributed by atoms with Crippen LogP contribution >= 0.6 is 0 Å². The largest absolute Gasteiger partial charge is 0.492 e. The topological polar surface area (TPSA) is 47.3 Å². The van der Waals surface area contributed by atoms with Gasteiger partial charge < -0.3 is 14.4 Å². The molecule has 1 heterocycles. The van der Waals surface area contributed by atoms with E-state index in [9.17, 15) is 5.11 Å². The third-order valence-corrected chi connectivity index (χ3v) is 3.98. The van der Waals surface area contributed by atoms with E-state index in [1.165, 1.54) is 5.56 Å².